The molecule has 0 spiro atoms. The molecule has 1 atom stereocenters. The minimum absolute atomic E-state index is 0.0326. The van der Waals surface area contributed by atoms with E-state index in [1.807, 2.05) is 0 Å². The number of rotatable bonds is 3. The topological polar surface area (TPSA) is 79.0 Å². The first-order valence-electron chi connectivity index (χ1n) is 8.48. The molecule has 1 unspecified atom stereocenters. The average molecular weight is 325 g/mol. The van der Waals surface area contributed by atoms with Gasteiger partial charge in [0.25, 0.3) is 0 Å². The predicted molar refractivity (Wildman–Crippen MR) is 84.7 cm³/mol. The standard InChI is InChI=1S/C16H27N3O4/c1-3-23-16(22)18-9-6-14(7-10-18)17-15(21)13-5-4-8-19(11-13)12(2)20/h13-14H,3-11H2,1-2H3,(H,17,21). The first kappa shape index (κ1) is 17.6. The molecule has 7 heteroatoms. The predicted octanol–water partition coefficient (Wildman–Crippen LogP) is 0.982. The molecular formula is C16H27N3O4. The molecule has 0 radical (unpaired) electrons. The minimum atomic E-state index is -0.276. The fourth-order valence-electron chi connectivity index (χ4n) is 3.22. The Labute approximate surface area is 137 Å². The molecule has 2 aliphatic heterocycles. The number of carbonyl (C=O) groups excluding carboxylic acids is 3. The van der Waals surface area contributed by atoms with Gasteiger partial charge in [-0.25, -0.2) is 4.79 Å². The molecule has 0 aromatic heterocycles. The Bertz CT molecular complexity index is 447. The summed E-state index contributed by atoms with van der Waals surface area (Å²) < 4.78 is 4.99. The summed E-state index contributed by atoms with van der Waals surface area (Å²) in [5.41, 5.74) is 0. The van der Waals surface area contributed by atoms with Crippen LogP contribution in [0.15, 0.2) is 0 Å². The van der Waals surface area contributed by atoms with Crippen LogP contribution in [0.4, 0.5) is 4.79 Å². The van der Waals surface area contributed by atoms with E-state index < -0.39 is 0 Å². The zero-order chi connectivity index (χ0) is 16.8. The molecule has 0 bridgehead atoms. The summed E-state index contributed by atoms with van der Waals surface area (Å²) in [6, 6.07) is 0.0980. The molecule has 0 saturated carbocycles. The fourth-order valence-corrected chi connectivity index (χ4v) is 3.22. The van der Waals surface area contributed by atoms with Crippen LogP contribution >= 0.6 is 0 Å². The van der Waals surface area contributed by atoms with Crippen molar-refractivity contribution in [3.05, 3.63) is 0 Å². The summed E-state index contributed by atoms with van der Waals surface area (Å²) >= 11 is 0. The molecule has 0 aromatic rings. The largest absolute Gasteiger partial charge is 0.450 e. The number of carbonyl (C=O) groups is 3. The van der Waals surface area contributed by atoms with Crippen molar-refractivity contribution in [2.45, 2.75) is 45.6 Å². The van der Waals surface area contributed by atoms with Gasteiger partial charge in [0, 0.05) is 39.1 Å². The number of nitrogens with zero attached hydrogens (tertiary/aromatic N) is 2. The highest BCUT2D eigenvalue weighted by Gasteiger charge is 2.30. The van der Waals surface area contributed by atoms with E-state index in [1.54, 1.807) is 23.6 Å². The van der Waals surface area contributed by atoms with E-state index in [0.29, 0.717) is 26.2 Å². The summed E-state index contributed by atoms with van der Waals surface area (Å²) in [5.74, 6) is -0.0495. The van der Waals surface area contributed by atoms with Crippen LogP contribution in [0.2, 0.25) is 0 Å². The van der Waals surface area contributed by atoms with Gasteiger partial charge in [-0.3, -0.25) is 9.59 Å². The highest BCUT2D eigenvalue weighted by Crippen LogP contribution is 2.18. The van der Waals surface area contributed by atoms with Gasteiger partial charge in [-0.2, -0.15) is 0 Å². The normalized spacial score (nSPS) is 22.6. The zero-order valence-corrected chi connectivity index (χ0v) is 14.0. The first-order chi connectivity index (χ1) is 11.0. The Morgan fingerprint density at radius 3 is 2.39 bits per heavy atom. The Hall–Kier alpha value is -1.79. The monoisotopic (exact) mass is 325 g/mol. The summed E-state index contributed by atoms with van der Waals surface area (Å²) in [6.45, 7) is 6.19. The molecule has 2 heterocycles. The highest BCUT2D eigenvalue weighted by molar-refractivity contribution is 5.81. The molecule has 130 valence electrons. The lowest BCUT2D eigenvalue weighted by molar-refractivity contribution is -0.134. The Balaban J connectivity index is 1.76. The fraction of sp³-hybridized carbons (Fsp3) is 0.812. The second-order valence-corrected chi connectivity index (χ2v) is 6.27. The molecule has 2 aliphatic rings. The van der Waals surface area contributed by atoms with Gasteiger partial charge < -0.3 is 19.9 Å². The van der Waals surface area contributed by atoms with E-state index in [-0.39, 0.29) is 29.9 Å². The highest BCUT2D eigenvalue weighted by atomic mass is 16.6. The maximum atomic E-state index is 12.4. The van der Waals surface area contributed by atoms with E-state index in [9.17, 15) is 14.4 Å². The van der Waals surface area contributed by atoms with Crippen molar-refractivity contribution in [3.63, 3.8) is 0 Å². The van der Waals surface area contributed by atoms with E-state index in [0.717, 1.165) is 32.2 Å². The third-order valence-electron chi connectivity index (χ3n) is 4.60. The molecule has 0 aromatic carbocycles. The van der Waals surface area contributed by atoms with Gasteiger partial charge in [0.2, 0.25) is 11.8 Å². The second-order valence-electron chi connectivity index (χ2n) is 6.27. The van der Waals surface area contributed by atoms with E-state index in [2.05, 4.69) is 5.32 Å². The smallest absolute Gasteiger partial charge is 0.409 e. The van der Waals surface area contributed by atoms with Crippen LogP contribution in [-0.4, -0.2) is 66.5 Å². The SMILES string of the molecule is CCOC(=O)N1CCC(NC(=O)C2CCCN(C(C)=O)C2)CC1. The number of hydrogen-bond acceptors (Lipinski definition) is 4. The van der Waals surface area contributed by atoms with Gasteiger partial charge in [0.1, 0.15) is 0 Å². The second kappa shape index (κ2) is 8.17. The number of likely N-dealkylation sites (tertiary alicyclic amines) is 2. The molecule has 2 saturated heterocycles. The van der Waals surface area contributed by atoms with Gasteiger partial charge in [-0.15, -0.1) is 0 Å². The van der Waals surface area contributed by atoms with E-state index in [4.69, 9.17) is 4.74 Å². The summed E-state index contributed by atoms with van der Waals surface area (Å²) in [5, 5.41) is 3.08. The number of ether oxygens (including phenoxy) is 1. The van der Waals surface area contributed by atoms with Gasteiger partial charge in [0.15, 0.2) is 0 Å². The van der Waals surface area contributed by atoms with Gasteiger partial charge in [-0.05, 0) is 32.6 Å². The maximum absolute atomic E-state index is 12.4. The van der Waals surface area contributed by atoms with Crippen molar-refractivity contribution in [2.75, 3.05) is 32.8 Å². The van der Waals surface area contributed by atoms with Crippen LogP contribution in [0, 0.1) is 5.92 Å². The van der Waals surface area contributed by atoms with Crippen molar-refractivity contribution in [2.24, 2.45) is 5.92 Å². The zero-order valence-electron chi connectivity index (χ0n) is 14.0. The summed E-state index contributed by atoms with van der Waals surface area (Å²) in [7, 11) is 0. The third kappa shape index (κ3) is 4.84. The Kier molecular flexibility index (Phi) is 6.24. The molecule has 7 nitrogen and oxygen atoms in total. The summed E-state index contributed by atoms with van der Waals surface area (Å²) in [4.78, 5) is 38.9. The number of nitrogens with one attached hydrogen (secondary N) is 1. The van der Waals surface area contributed by atoms with E-state index in [1.165, 1.54) is 0 Å². The quantitative estimate of drug-likeness (QED) is 0.839. The van der Waals surface area contributed by atoms with Crippen LogP contribution in [0.1, 0.15) is 39.5 Å². The summed E-state index contributed by atoms with van der Waals surface area (Å²) in [6.07, 6.45) is 2.92. The van der Waals surface area contributed by atoms with Crippen LogP contribution in [0.5, 0.6) is 0 Å². The van der Waals surface area contributed by atoms with Crippen molar-refractivity contribution in [3.8, 4) is 0 Å². The molecule has 2 rings (SSSR count). The lowest BCUT2D eigenvalue weighted by Crippen LogP contribution is -2.50. The van der Waals surface area contributed by atoms with Crippen molar-refractivity contribution < 1.29 is 19.1 Å². The molecule has 1 N–H and O–H groups in total. The number of amides is 3. The van der Waals surface area contributed by atoms with Crippen LogP contribution in [0.25, 0.3) is 0 Å². The lowest BCUT2D eigenvalue weighted by atomic mass is 9.96. The van der Waals surface area contributed by atoms with E-state index >= 15 is 0 Å². The number of piperidine rings is 2. The minimum Gasteiger partial charge on any atom is -0.450 e. The molecular weight excluding hydrogens is 298 g/mol. The van der Waals surface area contributed by atoms with Crippen molar-refractivity contribution >= 4 is 17.9 Å². The Morgan fingerprint density at radius 1 is 1.09 bits per heavy atom. The first-order valence-corrected chi connectivity index (χ1v) is 8.48. The number of hydrogen-bond donors (Lipinski definition) is 1. The van der Waals surface area contributed by atoms with Crippen LogP contribution in [-0.2, 0) is 14.3 Å². The molecule has 23 heavy (non-hydrogen) atoms. The Morgan fingerprint density at radius 2 is 1.78 bits per heavy atom. The third-order valence-corrected chi connectivity index (χ3v) is 4.60. The molecule has 3 amide bonds. The molecule has 2 fully saturated rings. The lowest BCUT2D eigenvalue weighted by Gasteiger charge is -2.34. The van der Waals surface area contributed by atoms with Gasteiger partial charge in [-0.1, -0.05) is 0 Å². The van der Waals surface area contributed by atoms with Gasteiger partial charge in [0.05, 0.1) is 12.5 Å². The van der Waals surface area contributed by atoms with Crippen LogP contribution in [0.3, 0.4) is 0 Å². The van der Waals surface area contributed by atoms with Crippen molar-refractivity contribution in [1.29, 1.82) is 0 Å². The molecule has 0 aliphatic carbocycles. The van der Waals surface area contributed by atoms with Gasteiger partial charge >= 0.3 is 6.09 Å². The van der Waals surface area contributed by atoms with Crippen LogP contribution < -0.4 is 5.32 Å². The maximum Gasteiger partial charge on any atom is 0.409 e. The average Bonchev–Trinajstić information content (AvgIpc) is 2.55. The van der Waals surface area contributed by atoms with Crippen molar-refractivity contribution in [1.82, 2.24) is 15.1 Å².